The summed E-state index contributed by atoms with van der Waals surface area (Å²) in [6.45, 7) is -1.48. The van der Waals surface area contributed by atoms with E-state index in [9.17, 15) is 39.3 Å². The summed E-state index contributed by atoms with van der Waals surface area (Å²) >= 11 is 0. The number of rotatable bonds is 9. The lowest BCUT2D eigenvalue weighted by Gasteiger charge is -2.20. The molecule has 2 aromatic rings. The fourth-order valence-electron chi connectivity index (χ4n) is 3.53. The Morgan fingerprint density at radius 1 is 1.03 bits per heavy atom. The molecular weight excluding hydrogens is 520 g/mol. The van der Waals surface area contributed by atoms with Crippen molar-refractivity contribution in [3.05, 3.63) is 12.7 Å². The Hall–Kier alpha value is -1.63. The molecule has 0 bridgehead atoms. The fraction of sp³-hybridized carbons (Fsp3) is 0.667. The monoisotopic (exact) mass is 543 g/mol. The van der Waals surface area contributed by atoms with Gasteiger partial charge in [-0.1, -0.05) is 0 Å². The minimum absolute atomic E-state index is 0.0419. The van der Waals surface area contributed by atoms with Crippen LogP contribution < -0.4 is 5.73 Å². The van der Waals surface area contributed by atoms with E-state index in [2.05, 4.69) is 23.8 Å². The Bertz CT molecular complexity index is 1150. The van der Waals surface area contributed by atoms with Gasteiger partial charge in [-0.15, -0.1) is 0 Å². The second-order valence-electron chi connectivity index (χ2n) is 7.69. The molecule has 2 aliphatic rings. The van der Waals surface area contributed by atoms with Crippen molar-refractivity contribution in [1.82, 2.24) is 19.5 Å². The quantitative estimate of drug-likeness (QED) is 0.164. The number of imidazole rings is 1. The summed E-state index contributed by atoms with van der Waals surface area (Å²) in [7, 11) is -10.4. The zero-order valence-corrected chi connectivity index (χ0v) is 19.4. The van der Waals surface area contributed by atoms with Crippen LogP contribution in [0.25, 0.3) is 11.2 Å². The van der Waals surface area contributed by atoms with Crippen LogP contribution in [0.1, 0.15) is 12.6 Å². The van der Waals surface area contributed by atoms with Gasteiger partial charge in [0, 0.05) is 6.42 Å². The number of nitrogens with zero attached hydrogens (tertiary/aromatic N) is 4. The zero-order chi connectivity index (χ0) is 25.5. The molecule has 2 aromatic heterocycles. The Balaban J connectivity index is 1.30. The summed E-state index contributed by atoms with van der Waals surface area (Å²) in [6.07, 6.45) is -6.99. The maximum absolute atomic E-state index is 12.1. The SMILES string of the molecule is Nc1ncnc2c1ncn2[C@@H]1O[C@H](COP(=O)(O)OP(=O)(O)OC[C@H]2OC(O)[C@H](O)[C@@H]2O)C[C@H]1O. The van der Waals surface area contributed by atoms with E-state index < -0.39 is 71.9 Å². The molecule has 2 saturated heterocycles. The summed E-state index contributed by atoms with van der Waals surface area (Å²) in [5.41, 5.74) is 6.31. The second kappa shape index (κ2) is 10.0. The van der Waals surface area contributed by atoms with E-state index in [4.69, 9.17) is 19.7 Å². The number of hydrogen-bond acceptors (Lipinski definition) is 15. The number of phosphoric ester groups is 2. The van der Waals surface area contributed by atoms with Gasteiger partial charge in [-0.3, -0.25) is 13.6 Å². The summed E-state index contributed by atoms with van der Waals surface area (Å²) in [6, 6.07) is 0. The number of aliphatic hydroxyl groups is 4. The van der Waals surface area contributed by atoms with Gasteiger partial charge in [-0.05, 0) is 0 Å². The molecule has 0 radical (unpaired) electrons. The van der Waals surface area contributed by atoms with Crippen molar-refractivity contribution < 1.29 is 62.2 Å². The first-order chi connectivity index (χ1) is 16.4. The van der Waals surface area contributed by atoms with Crippen LogP contribution in [0.4, 0.5) is 5.82 Å². The highest BCUT2D eigenvalue weighted by molar-refractivity contribution is 7.61. The van der Waals surface area contributed by atoms with Crippen molar-refractivity contribution in [1.29, 1.82) is 0 Å². The van der Waals surface area contributed by atoms with E-state index in [-0.39, 0.29) is 23.4 Å². The standard InChI is InChI=1S/C15H23N5O13P2/c16-12-9-13(18-4-17-12)20(5-19-9)14-7(21)1-6(31-14)2-29-34(25,26)33-35(27,28)30-3-8-10(22)11(23)15(24)32-8/h4-8,10-11,14-15,21-24H,1-3H2,(H,25,26)(H,27,28)(H2,16,17,18)/t6-,7+,8+,10+,11+,14+,15?/m0/s1. The minimum Gasteiger partial charge on any atom is -0.388 e. The maximum Gasteiger partial charge on any atom is 0.481 e. The molecule has 196 valence electrons. The predicted octanol–water partition coefficient (Wildman–Crippen LogP) is -2.25. The minimum atomic E-state index is -5.21. The van der Waals surface area contributed by atoms with Gasteiger partial charge in [0.15, 0.2) is 24.0 Å². The van der Waals surface area contributed by atoms with Crippen LogP contribution in [0.5, 0.6) is 0 Å². The molecule has 0 aliphatic carbocycles. The highest BCUT2D eigenvalue weighted by atomic mass is 31.3. The second-order valence-corrected chi connectivity index (χ2v) is 10.7. The third-order valence-corrected chi connectivity index (χ3v) is 7.80. The molecule has 0 amide bonds. The molecule has 35 heavy (non-hydrogen) atoms. The van der Waals surface area contributed by atoms with E-state index in [1.807, 2.05) is 0 Å². The van der Waals surface area contributed by atoms with Crippen molar-refractivity contribution in [3.63, 3.8) is 0 Å². The predicted molar refractivity (Wildman–Crippen MR) is 110 cm³/mol. The molecule has 0 saturated carbocycles. The average molecular weight is 543 g/mol. The molecule has 2 fully saturated rings. The van der Waals surface area contributed by atoms with Gasteiger partial charge in [0.2, 0.25) is 0 Å². The lowest BCUT2D eigenvalue weighted by molar-refractivity contribution is -0.132. The van der Waals surface area contributed by atoms with Gasteiger partial charge in [-0.25, -0.2) is 24.1 Å². The molecule has 0 aromatic carbocycles. The lowest BCUT2D eigenvalue weighted by atomic mass is 10.1. The third-order valence-electron chi connectivity index (χ3n) is 5.20. The summed E-state index contributed by atoms with van der Waals surface area (Å²) in [4.78, 5) is 31.4. The number of ether oxygens (including phenoxy) is 2. The average Bonchev–Trinajstić information content (AvgIpc) is 3.43. The zero-order valence-electron chi connectivity index (χ0n) is 17.6. The van der Waals surface area contributed by atoms with Crippen molar-refractivity contribution in [2.75, 3.05) is 18.9 Å². The van der Waals surface area contributed by atoms with Crippen molar-refractivity contribution in [3.8, 4) is 0 Å². The van der Waals surface area contributed by atoms with Crippen LogP contribution in [0.15, 0.2) is 12.7 Å². The van der Waals surface area contributed by atoms with Crippen LogP contribution in [0.2, 0.25) is 0 Å². The number of nitrogen functional groups attached to an aromatic ring is 1. The van der Waals surface area contributed by atoms with Crippen LogP contribution in [0.3, 0.4) is 0 Å². The molecule has 20 heteroatoms. The first-order valence-corrected chi connectivity index (χ1v) is 13.0. The Labute approximate surface area is 196 Å². The molecule has 3 unspecified atom stereocenters. The molecule has 2 aliphatic heterocycles. The van der Waals surface area contributed by atoms with Gasteiger partial charge >= 0.3 is 15.6 Å². The van der Waals surface area contributed by atoms with E-state index >= 15 is 0 Å². The number of aliphatic hydroxyl groups excluding tert-OH is 4. The van der Waals surface area contributed by atoms with Crippen LogP contribution in [0, 0.1) is 0 Å². The molecular formula is C15H23N5O13P2. The lowest BCUT2D eigenvalue weighted by Crippen LogP contribution is -2.34. The molecule has 9 atom stereocenters. The topological polar surface area (TPSA) is 271 Å². The van der Waals surface area contributed by atoms with Crippen molar-refractivity contribution in [2.24, 2.45) is 0 Å². The van der Waals surface area contributed by atoms with Crippen LogP contribution >= 0.6 is 15.6 Å². The Kier molecular flexibility index (Phi) is 7.57. The first-order valence-electron chi connectivity index (χ1n) is 9.99. The van der Waals surface area contributed by atoms with Crippen LogP contribution in [-0.4, -0.2) is 99.8 Å². The van der Waals surface area contributed by atoms with Gasteiger partial charge in [0.1, 0.15) is 36.3 Å². The molecule has 0 spiro atoms. The number of anilines is 1. The summed E-state index contributed by atoms with van der Waals surface area (Å²) in [5.74, 6) is 0.122. The highest BCUT2D eigenvalue weighted by Crippen LogP contribution is 2.60. The van der Waals surface area contributed by atoms with E-state index in [1.54, 1.807) is 0 Å². The number of aromatic nitrogens is 4. The van der Waals surface area contributed by atoms with E-state index in [0.29, 0.717) is 0 Å². The van der Waals surface area contributed by atoms with Gasteiger partial charge in [-0.2, -0.15) is 4.31 Å². The Morgan fingerprint density at radius 3 is 2.37 bits per heavy atom. The summed E-state index contributed by atoms with van der Waals surface area (Å²) in [5, 5.41) is 38.7. The van der Waals surface area contributed by atoms with Crippen molar-refractivity contribution in [2.45, 2.75) is 49.5 Å². The summed E-state index contributed by atoms with van der Waals surface area (Å²) < 4.78 is 49.3. The Morgan fingerprint density at radius 2 is 1.71 bits per heavy atom. The van der Waals surface area contributed by atoms with E-state index in [0.717, 1.165) is 0 Å². The van der Waals surface area contributed by atoms with Gasteiger partial charge in [0.25, 0.3) is 0 Å². The van der Waals surface area contributed by atoms with Crippen molar-refractivity contribution >= 4 is 32.6 Å². The highest BCUT2D eigenvalue weighted by Gasteiger charge is 2.44. The molecule has 4 rings (SSSR count). The number of fused-ring (bicyclic) bond motifs is 1. The van der Waals surface area contributed by atoms with E-state index in [1.165, 1.54) is 17.2 Å². The molecule has 4 heterocycles. The van der Waals surface area contributed by atoms with Gasteiger partial charge < -0.3 is 45.4 Å². The largest absolute Gasteiger partial charge is 0.481 e. The maximum atomic E-state index is 12.1. The van der Waals surface area contributed by atoms with Gasteiger partial charge in [0.05, 0.1) is 25.6 Å². The number of nitrogens with two attached hydrogens (primary N) is 1. The number of phosphoric acid groups is 2. The fourth-order valence-corrected chi connectivity index (χ4v) is 5.64. The first kappa shape index (κ1) is 26.4. The normalized spacial score (nSPS) is 34.7. The molecule has 8 N–H and O–H groups in total. The third kappa shape index (κ3) is 5.86. The van der Waals surface area contributed by atoms with Crippen LogP contribution in [-0.2, 0) is 32.0 Å². The smallest absolute Gasteiger partial charge is 0.388 e. The number of hydrogen-bond donors (Lipinski definition) is 7. The molecule has 18 nitrogen and oxygen atoms in total.